The summed E-state index contributed by atoms with van der Waals surface area (Å²) in [4.78, 5) is 14.3. The Balaban J connectivity index is 2.51. The molecule has 0 saturated heterocycles. The van der Waals surface area contributed by atoms with E-state index < -0.39 is 0 Å². The Kier molecular flexibility index (Phi) is 4.15. The molecule has 0 aliphatic heterocycles. The lowest BCUT2D eigenvalue weighted by atomic mass is 10.1. The zero-order valence-corrected chi connectivity index (χ0v) is 7.89. The molecule has 1 unspecified atom stereocenters. The highest BCUT2D eigenvalue weighted by Gasteiger charge is 2.09. The third-order valence-corrected chi connectivity index (χ3v) is 2.07. The number of hydrogen-bond acceptors (Lipinski definition) is 3. The lowest BCUT2D eigenvalue weighted by Gasteiger charge is -2.12. The molecular weight excluding hydrogens is 166 g/mol. The summed E-state index contributed by atoms with van der Waals surface area (Å²) >= 11 is 0. The van der Waals surface area contributed by atoms with Gasteiger partial charge in [0.15, 0.2) is 0 Å². The molecule has 0 fully saturated rings. The highest BCUT2D eigenvalue weighted by Crippen LogP contribution is 2.15. The minimum absolute atomic E-state index is 0.194. The average Bonchev–Trinajstić information content (AvgIpc) is 2.65. The van der Waals surface area contributed by atoms with Crippen molar-refractivity contribution in [2.75, 3.05) is 0 Å². The summed E-state index contributed by atoms with van der Waals surface area (Å²) in [6.07, 6.45) is 7.92. The van der Waals surface area contributed by atoms with Crippen LogP contribution < -0.4 is 0 Å². The van der Waals surface area contributed by atoms with Crippen molar-refractivity contribution in [2.24, 2.45) is 0 Å². The molecule has 0 aliphatic rings. The van der Waals surface area contributed by atoms with Crippen LogP contribution in [0.25, 0.3) is 0 Å². The van der Waals surface area contributed by atoms with Gasteiger partial charge in [-0.1, -0.05) is 19.8 Å². The number of aromatic nitrogens is 3. The van der Waals surface area contributed by atoms with Crippen LogP contribution in [-0.2, 0) is 4.79 Å². The van der Waals surface area contributed by atoms with E-state index in [0.29, 0.717) is 6.42 Å². The maximum atomic E-state index is 10.4. The van der Waals surface area contributed by atoms with Crippen LogP contribution >= 0.6 is 0 Å². The van der Waals surface area contributed by atoms with E-state index in [1.165, 1.54) is 6.33 Å². The van der Waals surface area contributed by atoms with Crippen molar-refractivity contribution in [3.05, 3.63) is 12.7 Å². The van der Waals surface area contributed by atoms with Crippen LogP contribution in [0.1, 0.15) is 38.6 Å². The van der Waals surface area contributed by atoms with Crippen molar-refractivity contribution in [3.63, 3.8) is 0 Å². The Morgan fingerprint density at radius 2 is 2.46 bits per heavy atom. The summed E-state index contributed by atoms with van der Waals surface area (Å²) in [5.74, 6) is 0. The first-order valence-corrected chi connectivity index (χ1v) is 4.66. The van der Waals surface area contributed by atoms with Gasteiger partial charge < -0.3 is 4.79 Å². The Morgan fingerprint density at radius 1 is 1.62 bits per heavy atom. The van der Waals surface area contributed by atoms with Crippen molar-refractivity contribution < 1.29 is 4.79 Å². The molecule has 0 amide bonds. The second-order valence-electron chi connectivity index (χ2n) is 3.07. The molecule has 72 valence electrons. The van der Waals surface area contributed by atoms with Crippen LogP contribution in [0.2, 0.25) is 0 Å². The average molecular weight is 181 g/mol. The van der Waals surface area contributed by atoms with Crippen molar-refractivity contribution in [3.8, 4) is 0 Å². The third-order valence-electron chi connectivity index (χ3n) is 2.07. The maximum absolute atomic E-state index is 10.4. The molecule has 1 atom stereocenters. The van der Waals surface area contributed by atoms with Crippen molar-refractivity contribution >= 4 is 6.29 Å². The maximum Gasteiger partial charge on any atom is 0.137 e. The number of carbonyl (C=O) groups excluding carboxylic acids is 1. The lowest BCUT2D eigenvalue weighted by Crippen LogP contribution is -2.10. The molecule has 1 aromatic rings. The second-order valence-corrected chi connectivity index (χ2v) is 3.07. The van der Waals surface area contributed by atoms with Crippen LogP contribution in [0.3, 0.4) is 0 Å². The minimum atomic E-state index is 0.194. The largest absolute Gasteiger partial charge is 0.303 e. The SMILES string of the molecule is CCCCC(CC=O)n1cncn1. The van der Waals surface area contributed by atoms with Gasteiger partial charge in [-0.3, -0.25) is 0 Å². The van der Waals surface area contributed by atoms with Crippen molar-refractivity contribution in [2.45, 2.75) is 38.6 Å². The fourth-order valence-corrected chi connectivity index (χ4v) is 1.31. The van der Waals surface area contributed by atoms with Gasteiger partial charge in [0, 0.05) is 6.42 Å². The molecule has 1 aromatic heterocycles. The predicted molar refractivity (Wildman–Crippen MR) is 49.3 cm³/mol. The van der Waals surface area contributed by atoms with E-state index >= 15 is 0 Å². The normalized spacial score (nSPS) is 12.7. The van der Waals surface area contributed by atoms with Crippen LogP contribution in [-0.4, -0.2) is 21.1 Å². The number of unbranched alkanes of at least 4 members (excludes halogenated alkanes) is 1. The van der Waals surface area contributed by atoms with Gasteiger partial charge in [-0.15, -0.1) is 0 Å². The molecule has 0 radical (unpaired) electrons. The Labute approximate surface area is 78.0 Å². The van der Waals surface area contributed by atoms with E-state index in [9.17, 15) is 4.79 Å². The molecule has 0 spiro atoms. The van der Waals surface area contributed by atoms with Crippen molar-refractivity contribution in [1.82, 2.24) is 14.8 Å². The molecule has 13 heavy (non-hydrogen) atoms. The molecule has 0 aliphatic carbocycles. The van der Waals surface area contributed by atoms with E-state index in [1.54, 1.807) is 11.0 Å². The molecule has 0 bridgehead atoms. The topological polar surface area (TPSA) is 47.8 Å². The fourth-order valence-electron chi connectivity index (χ4n) is 1.31. The standard InChI is InChI=1S/C9H15N3O/c1-2-3-4-9(5-6-13)12-8-10-7-11-12/h6-9H,2-5H2,1H3. The fraction of sp³-hybridized carbons (Fsp3) is 0.667. The molecular formula is C9H15N3O. The lowest BCUT2D eigenvalue weighted by molar-refractivity contribution is -0.108. The summed E-state index contributed by atoms with van der Waals surface area (Å²) in [6.45, 7) is 2.14. The van der Waals surface area contributed by atoms with E-state index in [4.69, 9.17) is 0 Å². The van der Waals surface area contributed by atoms with Gasteiger partial charge in [0.05, 0.1) is 6.04 Å². The molecule has 4 nitrogen and oxygen atoms in total. The van der Waals surface area contributed by atoms with Gasteiger partial charge in [0.2, 0.25) is 0 Å². The molecule has 4 heteroatoms. The minimum Gasteiger partial charge on any atom is -0.303 e. The van der Waals surface area contributed by atoms with Gasteiger partial charge in [-0.25, -0.2) is 9.67 Å². The van der Waals surface area contributed by atoms with Gasteiger partial charge in [0.1, 0.15) is 18.9 Å². The van der Waals surface area contributed by atoms with Crippen molar-refractivity contribution in [1.29, 1.82) is 0 Å². The van der Waals surface area contributed by atoms with Gasteiger partial charge in [0.25, 0.3) is 0 Å². The Bertz CT molecular complexity index is 233. The van der Waals surface area contributed by atoms with E-state index in [0.717, 1.165) is 25.5 Å². The molecule has 0 N–H and O–H groups in total. The molecule has 1 rings (SSSR count). The van der Waals surface area contributed by atoms with Crippen LogP contribution in [0, 0.1) is 0 Å². The monoisotopic (exact) mass is 181 g/mol. The van der Waals surface area contributed by atoms with Gasteiger partial charge in [-0.2, -0.15) is 5.10 Å². The smallest absolute Gasteiger partial charge is 0.137 e. The molecule has 0 aromatic carbocycles. The third kappa shape index (κ3) is 2.97. The highest BCUT2D eigenvalue weighted by atomic mass is 16.1. The zero-order chi connectivity index (χ0) is 9.52. The summed E-state index contributed by atoms with van der Waals surface area (Å²) in [7, 11) is 0. The first-order chi connectivity index (χ1) is 6.38. The Morgan fingerprint density at radius 3 is 3.00 bits per heavy atom. The van der Waals surface area contributed by atoms with Crippen LogP contribution in [0.15, 0.2) is 12.7 Å². The van der Waals surface area contributed by atoms with Crippen LogP contribution in [0.4, 0.5) is 0 Å². The first kappa shape index (κ1) is 9.89. The van der Waals surface area contributed by atoms with E-state index in [2.05, 4.69) is 17.0 Å². The zero-order valence-electron chi connectivity index (χ0n) is 7.89. The van der Waals surface area contributed by atoms with Gasteiger partial charge in [-0.05, 0) is 6.42 Å². The summed E-state index contributed by atoms with van der Waals surface area (Å²) in [5, 5.41) is 4.03. The summed E-state index contributed by atoms with van der Waals surface area (Å²) < 4.78 is 1.77. The van der Waals surface area contributed by atoms with Crippen LogP contribution in [0.5, 0.6) is 0 Å². The number of carbonyl (C=O) groups is 1. The second kappa shape index (κ2) is 5.45. The Hall–Kier alpha value is -1.19. The van der Waals surface area contributed by atoms with E-state index in [1.807, 2.05) is 0 Å². The molecule has 0 saturated carbocycles. The number of rotatable bonds is 6. The quantitative estimate of drug-likeness (QED) is 0.626. The summed E-state index contributed by atoms with van der Waals surface area (Å²) in [6, 6.07) is 0.194. The highest BCUT2D eigenvalue weighted by molar-refractivity contribution is 5.49. The summed E-state index contributed by atoms with van der Waals surface area (Å²) in [5.41, 5.74) is 0. The van der Waals surface area contributed by atoms with E-state index in [-0.39, 0.29) is 6.04 Å². The van der Waals surface area contributed by atoms with Gasteiger partial charge >= 0.3 is 0 Å². The number of hydrogen-bond donors (Lipinski definition) is 0. The number of nitrogens with zero attached hydrogens (tertiary/aromatic N) is 3. The molecule has 1 heterocycles. The predicted octanol–water partition coefficient (Wildman–Crippen LogP) is 1.60. The number of aldehydes is 1. The first-order valence-electron chi connectivity index (χ1n) is 4.66.